The standard InChI is InChI=1S/2C12H10O4.H2S/c2*13-9-1-7(2-10(14)5-9)8-3-11(15)6-12(16)4-8;/h2*1-6,13-16H;1H2. The van der Waals surface area contributed by atoms with E-state index in [9.17, 15) is 40.9 Å². The van der Waals surface area contributed by atoms with Crippen LogP contribution in [-0.2, 0) is 0 Å². The Hall–Kier alpha value is -4.37. The van der Waals surface area contributed by atoms with E-state index in [1.54, 1.807) is 0 Å². The summed E-state index contributed by atoms with van der Waals surface area (Å²) in [4.78, 5) is 0. The highest BCUT2D eigenvalue weighted by molar-refractivity contribution is 7.59. The minimum absolute atomic E-state index is 0. The number of phenols is 8. The van der Waals surface area contributed by atoms with Gasteiger partial charge in [-0.1, -0.05) is 0 Å². The Morgan fingerprint density at radius 3 is 0.485 bits per heavy atom. The second-order valence-corrected chi connectivity index (χ2v) is 6.95. The van der Waals surface area contributed by atoms with Crippen molar-refractivity contribution in [2.24, 2.45) is 0 Å². The number of hydrogen-bond donors (Lipinski definition) is 8. The summed E-state index contributed by atoms with van der Waals surface area (Å²) in [6.07, 6.45) is 0. The molecule has 0 atom stereocenters. The molecule has 4 aromatic carbocycles. The van der Waals surface area contributed by atoms with Gasteiger partial charge in [0.05, 0.1) is 0 Å². The second-order valence-electron chi connectivity index (χ2n) is 6.95. The normalized spacial score (nSPS) is 9.94. The molecule has 172 valence electrons. The number of rotatable bonds is 2. The van der Waals surface area contributed by atoms with Crippen LogP contribution in [-0.4, -0.2) is 40.9 Å². The molecule has 0 amide bonds. The quantitative estimate of drug-likeness (QED) is 0.213. The number of phenolic OH excluding ortho intramolecular Hbond substituents is 8. The van der Waals surface area contributed by atoms with Gasteiger partial charge in [-0.05, 0) is 70.8 Å². The lowest BCUT2D eigenvalue weighted by Crippen LogP contribution is -1.78. The summed E-state index contributed by atoms with van der Waals surface area (Å²) in [5, 5.41) is 74.5. The van der Waals surface area contributed by atoms with Crippen molar-refractivity contribution in [3.8, 4) is 68.2 Å². The van der Waals surface area contributed by atoms with E-state index in [1.165, 1.54) is 72.8 Å². The molecular formula is C24H22O8S. The third kappa shape index (κ3) is 6.81. The van der Waals surface area contributed by atoms with Crippen LogP contribution in [0.4, 0.5) is 0 Å². The van der Waals surface area contributed by atoms with Crippen LogP contribution in [0, 0.1) is 0 Å². The van der Waals surface area contributed by atoms with E-state index < -0.39 is 0 Å². The van der Waals surface area contributed by atoms with Gasteiger partial charge in [-0.15, -0.1) is 0 Å². The van der Waals surface area contributed by atoms with Crippen LogP contribution in [0.5, 0.6) is 46.0 Å². The molecule has 0 aliphatic carbocycles. The summed E-state index contributed by atoms with van der Waals surface area (Å²) in [6.45, 7) is 0. The van der Waals surface area contributed by atoms with Gasteiger partial charge < -0.3 is 40.9 Å². The molecule has 0 aliphatic heterocycles. The van der Waals surface area contributed by atoms with E-state index in [0.717, 1.165) is 0 Å². The molecule has 0 bridgehead atoms. The van der Waals surface area contributed by atoms with Gasteiger partial charge in [-0.2, -0.15) is 13.5 Å². The molecule has 0 spiro atoms. The molecule has 0 unspecified atom stereocenters. The van der Waals surface area contributed by atoms with E-state index >= 15 is 0 Å². The lowest BCUT2D eigenvalue weighted by molar-refractivity contribution is 0.448. The SMILES string of the molecule is Oc1cc(O)cc(-c2cc(O)cc(O)c2)c1.Oc1cc(O)cc(-c2cc(O)cc(O)c2)c1.S. The van der Waals surface area contributed by atoms with E-state index in [1.807, 2.05) is 0 Å². The maximum Gasteiger partial charge on any atom is 0.119 e. The van der Waals surface area contributed by atoms with Crippen molar-refractivity contribution in [1.29, 1.82) is 0 Å². The van der Waals surface area contributed by atoms with E-state index in [0.29, 0.717) is 22.3 Å². The summed E-state index contributed by atoms with van der Waals surface area (Å²) in [7, 11) is 0. The zero-order valence-corrected chi connectivity index (χ0v) is 18.0. The lowest BCUT2D eigenvalue weighted by Gasteiger charge is -2.05. The van der Waals surface area contributed by atoms with Crippen LogP contribution in [0.1, 0.15) is 0 Å². The van der Waals surface area contributed by atoms with Crippen LogP contribution in [0.25, 0.3) is 22.3 Å². The van der Waals surface area contributed by atoms with Gasteiger partial charge in [-0.25, -0.2) is 0 Å². The summed E-state index contributed by atoms with van der Waals surface area (Å²) >= 11 is 0. The highest BCUT2D eigenvalue weighted by Crippen LogP contribution is 2.34. The van der Waals surface area contributed by atoms with Crippen molar-refractivity contribution in [2.45, 2.75) is 0 Å². The molecule has 0 aliphatic rings. The molecule has 4 rings (SSSR count). The van der Waals surface area contributed by atoms with Crippen LogP contribution >= 0.6 is 13.5 Å². The zero-order chi connectivity index (χ0) is 23.4. The predicted molar refractivity (Wildman–Crippen MR) is 127 cm³/mol. The average molecular weight is 470 g/mol. The minimum Gasteiger partial charge on any atom is -0.508 e. The van der Waals surface area contributed by atoms with Crippen LogP contribution in [0.3, 0.4) is 0 Å². The van der Waals surface area contributed by atoms with Gasteiger partial charge in [0.25, 0.3) is 0 Å². The molecular weight excluding hydrogens is 448 g/mol. The van der Waals surface area contributed by atoms with Crippen LogP contribution in [0.2, 0.25) is 0 Å². The lowest BCUT2D eigenvalue weighted by atomic mass is 10.0. The first-order valence-corrected chi connectivity index (χ1v) is 9.22. The first-order valence-electron chi connectivity index (χ1n) is 9.22. The molecule has 8 N–H and O–H groups in total. The Bertz CT molecular complexity index is 995. The Kier molecular flexibility index (Phi) is 7.77. The number of benzene rings is 4. The first-order chi connectivity index (χ1) is 15.1. The van der Waals surface area contributed by atoms with Gasteiger partial charge in [0.2, 0.25) is 0 Å². The maximum absolute atomic E-state index is 9.31. The highest BCUT2D eigenvalue weighted by atomic mass is 32.1. The fourth-order valence-corrected chi connectivity index (χ4v) is 3.05. The molecule has 0 radical (unpaired) electrons. The molecule has 4 aromatic rings. The van der Waals surface area contributed by atoms with Crippen molar-refractivity contribution in [1.82, 2.24) is 0 Å². The fourth-order valence-electron chi connectivity index (χ4n) is 3.05. The minimum atomic E-state index is -0.0853. The van der Waals surface area contributed by atoms with E-state index in [2.05, 4.69) is 0 Å². The second kappa shape index (κ2) is 10.3. The smallest absolute Gasteiger partial charge is 0.119 e. The van der Waals surface area contributed by atoms with Crippen molar-refractivity contribution < 1.29 is 40.9 Å². The Balaban J connectivity index is 0.000000227. The Labute approximate surface area is 195 Å². The van der Waals surface area contributed by atoms with Crippen LogP contribution in [0.15, 0.2) is 72.8 Å². The number of hydrogen-bond acceptors (Lipinski definition) is 8. The molecule has 0 heterocycles. The van der Waals surface area contributed by atoms with Gasteiger partial charge in [0.15, 0.2) is 0 Å². The third-order valence-electron chi connectivity index (χ3n) is 4.28. The molecule has 8 nitrogen and oxygen atoms in total. The van der Waals surface area contributed by atoms with Crippen molar-refractivity contribution in [2.75, 3.05) is 0 Å². The zero-order valence-electron chi connectivity index (χ0n) is 17.0. The first kappa shape index (κ1) is 24.9. The fraction of sp³-hybridized carbons (Fsp3) is 0. The topological polar surface area (TPSA) is 162 Å². The van der Waals surface area contributed by atoms with E-state index in [-0.39, 0.29) is 59.5 Å². The van der Waals surface area contributed by atoms with Gasteiger partial charge in [0.1, 0.15) is 46.0 Å². The van der Waals surface area contributed by atoms with Gasteiger partial charge >= 0.3 is 0 Å². The molecule has 9 heteroatoms. The average Bonchev–Trinajstić information content (AvgIpc) is 2.65. The molecule has 0 saturated carbocycles. The van der Waals surface area contributed by atoms with E-state index in [4.69, 9.17) is 0 Å². The molecule has 0 aromatic heterocycles. The summed E-state index contributed by atoms with van der Waals surface area (Å²) in [6, 6.07) is 16.2. The summed E-state index contributed by atoms with van der Waals surface area (Å²) in [5.41, 5.74) is 2.01. The largest absolute Gasteiger partial charge is 0.508 e. The Morgan fingerprint density at radius 2 is 0.364 bits per heavy atom. The van der Waals surface area contributed by atoms with Crippen molar-refractivity contribution >= 4 is 13.5 Å². The van der Waals surface area contributed by atoms with Gasteiger partial charge in [-0.3, -0.25) is 0 Å². The molecule has 0 saturated heterocycles. The van der Waals surface area contributed by atoms with Crippen molar-refractivity contribution in [3.05, 3.63) is 72.8 Å². The number of aromatic hydroxyl groups is 8. The molecule has 33 heavy (non-hydrogen) atoms. The third-order valence-corrected chi connectivity index (χ3v) is 4.28. The monoisotopic (exact) mass is 470 g/mol. The van der Waals surface area contributed by atoms with Gasteiger partial charge in [0, 0.05) is 24.3 Å². The predicted octanol–water partition coefficient (Wildman–Crippen LogP) is 4.46. The molecule has 0 fully saturated rings. The summed E-state index contributed by atoms with van der Waals surface area (Å²) < 4.78 is 0. The maximum atomic E-state index is 9.31. The Morgan fingerprint density at radius 1 is 0.242 bits per heavy atom. The highest BCUT2D eigenvalue weighted by Gasteiger charge is 2.06. The van der Waals surface area contributed by atoms with Crippen LogP contribution < -0.4 is 0 Å². The van der Waals surface area contributed by atoms with Crippen molar-refractivity contribution in [3.63, 3.8) is 0 Å². The summed E-state index contributed by atoms with van der Waals surface area (Å²) in [5.74, 6) is -0.683.